The van der Waals surface area contributed by atoms with E-state index in [1.54, 1.807) is 36.5 Å². The molecule has 0 spiro atoms. The number of aliphatic hydroxyl groups is 1. The van der Waals surface area contributed by atoms with Crippen LogP contribution in [0.15, 0.2) is 30.5 Å². The quantitative estimate of drug-likeness (QED) is 0.480. The number of Topliss-reactive ketones (excluding diaryl/α,β-unsaturated/α-hetero) is 1. The number of aromatic amines is 1. The Balaban J connectivity index is 1.96. The van der Waals surface area contributed by atoms with Crippen molar-refractivity contribution in [2.24, 2.45) is 5.92 Å². The van der Waals surface area contributed by atoms with Crippen molar-refractivity contribution in [2.75, 3.05) is 13.7 Å². The van der Waals surface area contributed by atoms with Crippen LogP contribution in [0.5, 0.6) is 5.75 Å². The number of pyridine rings is 1. The molecule has 31 heavy (non-hydrogen) atoms. The number of ether oxygens (including phenoxy) is 1. The van der Waals surface area contributed by atoms with Crippen LogP contribution in [0.2, 0.25) is 0 Å². The lowest BCUT2D eigenvalue weighted by atomic mass is 10.0. The number of benzene rings is 1. The molecule has 0 fully saturated rings. The Labute approximate surface area is 180 Å². The van der Waals surface area contributed by atoms with Crippen molar-refractivity contribution in [3.05, 3.63) is 53.0 Å². The van der Waals surface area contributed by atoms with E-state index in [9.17, 15) is 14.7 Å². The molecule has 3 aromatic rings. The summed E-state index contributed by atoms with van der Waals surface area (Å²) >= 11 is 0. The van der Waals surface area contributed by atoms with Crippen molar-refractivity contribution in [3.8, 4) is 5.75 Å². The van der Waals surface area contributed by atoms with Gasteiger partial charge in [-0.1, -0.05) is 26.0 Å². The second kappa shape index (κ2) is 9.53. The van der Waals surface area contributed by atoms with Crippen LogP contribution in [0.1, 0.15) is 52.9 Å². The molecule has 162 valence electrons. The maximum absolute atomic E-state index is 12.9. The van der Waals surface area contributed by atoms with Gasteiger partial charge >= 0.3 is 0 Å². The molecule has 1 aromatic carbocycles. The van der Waals surface area contributed by atoms with Crippen molar-refractivity contribution in [1.82, 2.24) is 20.5 Å². The zero-order valence-corrected chi connectivity index (χ0v) is 18.0. The molecule has 1 amide bonds. The Morgan fingerprint density at radius 3 is 2.58 bits per heavy atom. The standard InChI is InChI=1S/C23H26N4O4/c1-13(2)20(12-28)25-23(30)16-7-10-19-21(22(16)31-4)18(26-27-19)9-6-15-5-8-17(14(3)29)24-11-15/h5-11,13,20,28H,12H2,1-4H3,(H,25,30)(H,26,27)/b9-6+. The molecule has 0 aliphatic rings. The van der Waals surface area contributed by atoms with Crippen molar-refractivity contribution >= 4 is 34.7 Å². The normalized spacial score (nSPS) is 12.5. The fraction of sp³-hybridized carbons (Fsp3) is 0.304. The van der Waals surface area contributed by atoms with Gasteiger partial charge in [0.15, 0.2) is 5.78 Å². The Kier molecular flexibility index (Phi) is 6.81. The van der Waals surface area contributed by atoms with Crippen LogP contribution in [0.4, 0.5) is 0 Å². The number of hydrogen-bond donors (Lipinski definition) is 3. The largest absolute Gasteiger partial charge is 0.495 e. The van der Waals surface area contributed by atoms with E-state index in [0.29, 0.717) is 28.1 Å². The van der Waals surface area contributed by atoms with Crippen LogP contribution < -0.4 is 10.1 Å². The summed E-state index contributed by atoms with van der Waals surface area (Å²) in [5.41, 5.74) is 2.89. The molecule has 0 bridgehead atoms. The molecule has 0 saturated heterocycles. The van der Waals surface area contributed by atoms with Crippen LogP contribution in [-0.4, -0.2) is 51.7 Å². The minimum Gasteiger partial charge on any atom is -0.495 e. The minimum absolute atomic E-state index is 0.0825. The lowest BCUT2D eigenvalue weighted by Gasteiger charge is -2.20. The number of rotatable bonds is 8. The summed E-state index contributed by atoms with van der Waals surface area (Å²) in [5, 5.41) is 20.3. The molecular weight excluding hydrogens is 396 g/mol. The lowest BCUT2D eigenvalue weighted by molar-refractivity contribution is 0.0893. The second-order valence-corrected chi connectivity index (χ2v) is 7.55. The summed E-state index contributed by atoms with van der Waals surface area (Å²) in [6.45, 7) is 5.18. The van der Waals surface area contributed by atoms with Crippen LogP contribution in [0.3, 0.4) is 0 Å². The second-order valence-electron chi connectivity index (χ2n) is 7.55. The molecule has 2 aromatic heterocycles. The van der Waals surface area contributed by atoms with Gasteiger partial charge in [0.05, 0.1) is 41.9 Å². The number of nitrogens with zero attached hydrogens (tertiary/aromatic N) is 2. The van der Waals surface area contributed by atoms with Gasteiger partial charge in [-0.2, -0.15) is 5.10 Å². The van der Waals surface area contributed by atoms with Crippen molar-refractivity contribution in [1.29, 1.82) is 0 Å². The molecule has 0 saturated carbocycles. The van der Waals surface area contributed by atoms with Crippen molar-refractivity contribution < 1.29 is 19.4 Å². The summed E-state index contributed by atoms with van der Waals surface area (Å²) in [7, 11) is 1.50. The van der Waals surface area contributed by atoms with E-state index in [0.717, 1.165) is 11.1 Å². The van der Waals surface area contributed by atoms with Gasteiger partial charge in [0.25, 0.3) is 5.91 Å². The fourth-order valence-corrected chi connectivity index (χ4v) is 3.17. The molecule has 1 unspecified atom stereocenters. The first-order chi connectivity index (χ1) is 14.8. The number of nitrogens with one attached hydrogen (secondary N) is 2. The molecule has 0 aliphatic carbocycles. The van der Waals surface area contributed by atoms with Gasteiger partial charge < -0.3 is 15.2 Å². The van der Waals surface area contributed by atoms with Gasteiger partial charge in [-0.3, -0.25) is 19.7 Å². The third kappa shape index (κ3) is 4.80. The Morgan fingerprint density at radius 2 is 2.00 bits per heavy atom. The molecule has 8 nitrogen and oxygen atoms in total. The number of carbonyl (C=O) groups is 2. The number of amides is 1. The number of hydrogen-bond acceptors (Lipinski definition) is 6. The predicted octanol–water partition coefficient (Wildman–Crippen LogP) is 3.09. The van der Waals surface area contributed by atoms with Crippen LogP contribution in [0.25, 0.3) is 23.1 Å². The van der Waals surface area contributed by atoms with E-state index in [2.05, 4.69) is 20.5 Å². The zero-order valence-electron chi connectivity index (χ0n) is 18.0. The summed E-state index contributed by atoms with van der Waals surface area (Å²) in [6.07, 6.45) is 5.22. The van der Waals surface area contributed by atoms with Crippen LogP contribution >= 0.6 is 0 Å². The van der Waals surface area contributed by atoms with E-state index < -0.39 is 0 Å². The summed E-state index contributed by atoms with van der Waals surface area (Å²) in [6, 6.07) is 6.54. The Hall–Kier alpha value is -3.52. The number of methoxy groups -OCH3 is 1. The number of H-pyrrole nitrogens is 1. The highest BCUT2D eigenvalue weighted by Gasteiger charge is 2.22. The number of aliphatic hydroxyl groups excluding tert-OH is 1. The monoisotopic (exact) mass is 422 g/mol. The third-order valence-corrected chi connectivity index (χ3v) is 5.06. The number of carbonyl (C=O) groups excluding carboxylic acids is 2. The highest BCUT2D eigenvalue weighted by Crippen LogP contribution is 2.32. The molecule has 8 heteroatoms. The zero-order chi connectivity index (χ0) is 22.5. The SMILES string of the molecule is COc1c(C(=O)NC(CO)C(C)C)ccc2[nH]nc(/C=C/c3ccc(C(C)=O)nc3)c12. The number of aromatic nitrogens is 3. The Bertz CT molecular complexity index is 1120. The van der Waals surface area contributed by atoms with Crippen LogP contribution in [-0.2, 0) is 0 Å². The average Bonchev–Trinajstić information content (AvgIpc) is 3.18. The number of ketones is 1. The average molecular weight is 422 g/mol. The maximum atomic E-state index is 12.9. The van der Waals surface area contributed by atoms with Gasteiger partial charge in [0.2, 0.25) is 0 Å². The van der Waals surface area contributed by atoms with Gasteiger partial charge in [0.1, 0.15) is 11.4 Å². The van der Waals surface area contributed by atoms with Gasteiger partial charge in [0, 0.05) is 13.1 Å². The summed E-state index contributed by atoms with van der Waals surface area (Å²) in [5.74, 6) is 0.0601. The smallest absolute Gasteiger partial charge is 0.255 e. The third-order valence-electron chi connectivity index (χ3n) is 5.06. The molecule has 3 rings (SSSR count). The van der Waals surface area contributed by atoms with Crippen LogP contribution in [0, 0.1) is 5.92 Å². The molecule has 0 radical (unpaired) electrons. The van der Waals surface area contributed by atoms with Gasteiger partial charge in [-0.25, -0.2) is 0 Å². The van der Waals surface area contributed by atoms with E-state index >= 15 is 0 Å². The van der Waals surface area contributed by atoms with Crippen molar-refractivity contribution in [2.45, 2.75) is 26.8 Å². The molecule has 1 atom stereocenters. The molecule has 0 aliphatic heterocycles. The highest BCUT2D eigenvalue weighted by molar-refractivity contribution is 6.05. The topological polar surface area (TPSA) is 117 Å². The van der Waals surface area contributed by atoms with E-state index in [4.69, 9.17) is 4.74 Å². The molecular formula is C23H26N4O4. The molecule has 3 N–H and O–H groups in total. The summed E-state index contributed by atoms with van der Waals surface area (Å²) in [4.78, 5) is 28.4. The number of fused-ring (bicyclic) bond motifs is 1. The molecule has 2 heterocycles. The first-order valence-corrected chi connectivity index (χ1v) is 9.97. The summed E-state index contributed by atoms with van der Waals surface area (Å²) < 4.78 is 5.58. The fourth-order valence-electron chi connectivity index (χ4n) is 3.17. The first kappa shape index (κ1) is 22.2. The van der Waals surface area contributed by atoms with E-state index in [1.807, 2.05) is 19.9 Å². The van der Waals surface area contributed by atoms with Gasteiger partial charge in [-0.15, -0.1) is 0 Å². The minimum atomic E-state index is -0.359. The maximum Gasteiger partial charge on any atom is 0.255 e. The van der Waals surface area contributed by atoms with Crippen molar-refractivity contribution in [3.63, 3.8) is 0 Å². The predicted molar refractivity (Wildman–Crippen MR) is 119 cm³/mol. The lowest BCUT2D eigenvalue weighted by Crippen LogP contribution is -2.41. The van der Waals surface area contributed by atoms with E-state index in [-0.39, 0.29) is 30.3 Å². The first-order valence-electron chi connectivity index (χ1n) is 9.97. The Morgan fingerprint density at radius 1 is 1.23 bits per heavy atom. The highest BCUT2D eigenvalue weighted by atomic mass is 16.5. The van der Waals surface area contributed by atoms with E-state index in [1.165, 1.54) is 14.0 Å². The van der Waals surface area contributed by atoms with Gasteiger partial charge in [-0.05, 0) is 35.8 Å².